The molecule has 3 rings (SSSR count). The van der Waals surface area contributed by atoms with Crippen LogP contribution in [0.3, 0.4) is 0 Å². The zero-order chi connectivity index (χ0) is 25.9. The molecule has 0 bridgehead atoms. The fraction of sp³-hybridized carbons (Fsp3) is 0.207. The molecule has 0 saturated heterocycles. The predicted octanol–water partition coefficient (Wildman–Crippen LogP) is 4.71. The van der Waals surface area contributed by atoms with E-state index in [9.17, 15) is 9.59 Å². The van der Waals surface area contributed by atoms with Gasteiger partial charge in [-0.1, -0.05) is 55.1 Å². The van der Waals surface area contributed by atoms with E-state index in [1.165, 1.54) is 14.2 Å². The van der Waals surface area contributed by atoms with Gasteiger partial charge in [-0.2, -0.15) is 0 Å². The number of likely N-dealkylation sites (N-methyl/N-ethyl adjacent to an activating group) is 1. The van der Waals surface area contributed by atoms with Gasteiger partial charge in [-0.25, -0.2) is 5.06 Å². The van der Waals surface area contributed by atoms with Gasteiger partial charge in [0, 0.05) is 25.2 Å². The van der Waals surface area contributed by atoms with Gasteiger partial charge in [-0.3, -0.25) is 19.4 Å². The van der Waals surface area contributed by atoms with Crippen molar-refractivity contribution in [3.05, 3.63) is 103 Å². The van der Waals surface area contributed by atoms with Crippen LogP contribution in [0, 0.1) is 0 Å². The SMILES string of the molecule is C=CCCOc1cccc(-c2ncccc2C(=O)N[C@@H](Cc2cccc(C=C)c2)C(=O)N(C)OC)c1. The van der Waals surface area contributed by atoms with Crippen molar-refractivity contribution in [3.8, 4) is 17.0 Å². The van der Waals surface area contributed by atoms with Gasteiger partial charge in [0.05, 0.1) is 25.0 Å². The second-order valence-corrected chi connectivity index (χ2v) is 8.05. The van der Waals surface area contributed by atoms with Crippen molar-refractivity contribution in [2.45, 2.75) is 18.9 Å². The fourth-order valence-electron chi connectivity index (χ4n) is 3.64. The number of amides is 2. The number of hydrogen-bond donors (Lipinski definition) is 1. The maximum absolute atomic E-state index is 13.5. The summed E-state index contributed by atoms with van der Waals surface area (Å²) in [6.45, 7) is 8.00. The number of carbonyl (C=O) groups excluding carboxylic acids is 2. The molecule has 0 aliphatic heterocycles. The molecule has 0 spiro atoms. The number of carbonyl (C=O) groups is 2. The van der Waals surface area contributed by atoms with Crippen molar-refractivity contribution in [3.63, 3.8) is 0 Å². The third-order valence-electron chi connectivity index (χ3n) is 5.56. The number of rotatable bonds is 12. The van der Waals surface area contributed by atoms with Crippen LogP contribution < -0.4 is 10.1 Å². The summed E-state index contributed by atoms with van der Waals surface area (Å²) in [5.41, 5.74) is 3.37. The molecule has 1 atom stereocenters. The first-order chi connectivity index (χ1) is 17.5. The van der Waals surface area contributed by atoms with Crippen LogP contribution in [0.1, 0.15) is 27.9 Å². The first-order valence-electron chi connectivity index (χ1n) is 11.6. The van der Waals surface area contributed by atoms with Crippen LogP contribution in [0.2, 0.25) is 0 Å². The predicted molar refractivity (Wildman–Crippen MR) is 141 cm³/mol. The van der Waals surface area contributed by atoms with Gasteiger partial charge in [0.25, 0.3) is 11.8 Å². The Hall–Kier alpha value is -4.23. The first kappa shape index (κ1) is 26.4. The Labute approximate surface area is 212 Å². The number of hydrogen-bond acceptors (Lipinski definition) is 5. The van der Waals surface area contributed by atoms with Gasteiger partial charge in [-0.05, 0) is 41.8 Å². The molecule has 1 heterocycles. The van der Waals surface area contributed by atoms with Gasteiger partial charge in [0.1, 0.15) is 11.8 Å². The monoisotopic (exact) mass is 485 g/mol. The van der Waals surface area contributed by atoms with Crippen LogP contribution in [0.5, 0.6) is 5.75 Å². The third-order valence-corrected chi connectivity index (χ3v) is 5.56. The Balaban J connectivity index is 1.88. The molecular formula is C29H31N3O4. The minimum absolute atomic E-state index is 0.280. The topological polar surface area (TPSA) is 80.8 Å². The normalized spacial score (nSPS) is 11.3. The number of nitrogens with zero attached hydrogens (tertiary/aromatic N) is 2. The Morgan fingerprint density at radius 1 is 1.11 bits per heavy atom. The zero-order valence-electron chi connectivity index (χ0n) is 20.6. The lowest BCUT2D eigenvalue weighted by Crippen LogP contribution is -2.48. The maximum atomic E-state index is 13.5. The highest BCUT2D eigenvalue weighted by Crippen LogP contribution is 2.25. The Kier molecular flexibility index (Phi) is 9.54. The van der Waals surface area contributed by atoms with Crippen molar-refractivity contribution in [1.29, 1.82) is 0 Å². The lowest BCUT2D eigenvalue weighted by molar-refractivity contribution is -0.170. The smallest absolute Gasteiger partial charge is 0.268 e. The minimum atomic E-state index is -0.857. The van der Waals surface area contributed by atoms with Crippen LogP contribution in [-0.4, -0.2) is 48.7 Å². The standard InChI is InChI=1S/C29H31N3O4/c1-5-7-17-36-24-14-9-13-23(20-24)27-25(15-10-16-30-27)28(33)31-26(29(34)32(3)35-4)19-22-12-8-11-21(6-2)18-22/h5-6,8-16,18,20,26H,1-2,7,17,19H2,3-4H3,(H,31,33)/t26-/m0/s1. The highest BCUT2D eigenvalue weighted by atomic mass is 16.7. The number of nitrogens with one attached hydrogen (secondary N) is 1. The maximum Gasteiger partial charge on any atom is 0.268 e. The van der Waals surface area contributed by atoms with Crippen molar-refractivity contribution in [2.24, 2.45) is 0 Å². The van der Waals surface area contributed by atoms with Crippen molar-refractivity contribution in [2.75, 3.05) is 20.8 Å². The molecule has 7 heteroatoms. The summed E-state index contributed by atoms with van der Waals surface area (Å²) >= 11 is 0. The molecule has 7 nitrogen and oxygen atoms in total. The van der Waals surface area contributed by atoms with Crippen LogP contribution in [0.15, 0.2) is 86.1 Å². The van der Waals surface area contributed by atoms with Crippen molar-refractivity contribution in [1.82, 2.24) is 15.4 Å². The lowest BCUT2D eigenvalue weighted by atomic mass is 10.0. The van der Waals surface area contributed by atoms with Crippen LogP contribution in [0.25, 0.3) is 17.3 Å². The largest absolute Gasteiger partial charge is 0.493 e. The van der Waals surface area contributed by atoms with Gasteiger partial charge in [0.2, 0.25) is 0 Å². The summed E-state index contributed by atoms with van der Waals surface area (Å²) in [6, 6.07) is 17.6. The molecule has 0 aliphatic carbocycles. The molecule has 0 saturated carbocycles. The summed E-state index contributed by atoms with van der Waals surface area (Å²) in [7, 11) is 2.91. The van der Waals surface area contributed by atoms with E-state index in [-0.39, 0.29) is 12.3 Å². The molecular weight excluding hydrogens is 454 g/mol. The van der Waals surface area contributed by atoms with E-state index in [1.54, 1.807) is 30.5 Å². The van der Waals surface area contributed by atoms with E-state index < -0.39 is 11.9 Å². The third kappa shape index (κ3) is 6.90. The van der Waals surface area contributed by atoms with E-state index >= 15 is 0 Å². The van der Waals surface area contributed by atoms with Crippen molar-refractivity contribution < 1.29 is 19.2 Å². The quantitative estimate of drug-likeness (QED) is 0.228. The molecule has 0 unspecified atom stereocenters. The molecule has 2 aromatic carbocycles. The molecule has 2 amide bonds. The summed E-state index contributed by atoms with van der Waals surface area (Å²) in [6.07, 6.45) is 6.15. The van der Waals surface area contributed by atoms with Gasteiger partial charge in [-0.15, -0.1) is 6.58 Å². The molecule has 0 fully saturated rings. The second kappa shape index (κ2) is 13.0. The average molecular weight is 486 g/mol. The van der Waals surface area contributed by atoms with E-state index in [1.807, 2.05) is 48.5 Å². The highest BCUT2D eigenvalue weighted by molar-refractivity contribution is 6.02. The number of benzene rings is 2. The summed E-state index contributed by atoms with van der Waals surface area (Å²) in [5.74, 6) is -0.125. The van der Waals surface area contributed by atoms with E-state index in [0.717, 1.165) is 28.2 Å². The van der Waals surface area contributed by atoms with Gasteiger partial charge < -0.3 is 10.1 Å². The molecule has 36 heavy (non-hydrogen) atoms. The minimum Gasteiger partial charge on any atom is -0.493 e. The Morgan fingerprint density at radius 2 is 1.92 bits per heavy atom. The number of pyridine rings is 1. The van der Waals surface area contributed by atoms with Crippen LogP contribution in [0.4, 0.5) is 0 Å². The first-order valence-corrected chi connectivity index (χ1v) is 11.6. The average Bonchev–Trinajstić information content (AvgIpc) is 2.92. The molecule has 3 aromatic rings. The van der Waals surface area contributed by atoms with Crippen molar-refractivity contribution >= 4 is 17.9 Å². The van der Waals surface area contributed by atoms with E-state index in [4.69, 9.17) is 9.57 Å². The fourth-order valence-corrected chi connectivity index (χ4v) is 3.64. The van der Waals surface area contributed by atoms with Gasteiger partial charge in [0.15, 0.2) is 0 Å². The molecule has 186 valence electrons. The molecule has 0 aliphatic rings. The van der Waals surface area contributed by atoms with Crippen LogP contribution in [-0.2, 0) is 16.1 Å². The highest BCUT2D eigenvalue weighted by Gasteiger charge is 2.26. The van der Waals surface area contributed by atoms with Gasteiger partial charge >= 0.3 is 0 Å². The summed E-state index contributed by atoms with van der Waals surface area (Å²) < 4.78 is 5.76. The summed E-state index contributed by atoms with van der Waals surface area (Å²) in [5, 5.41) is 3.99. The number of hydroxylamine groups is 2. The molecule has 1 N–H and O–H groups in total. The Bertz CT molecular complexity index is 1220. The zero-order valence-corrected chi connectivity index (χ0v) is 20.6. The number of aromatic nitrogens is 1. The summed E-state index contributed by atoms with van der Waals surface area (Å²) in [4.78, 5) is 36.1. The lowest BCUT2D eigenvalue weighted by Gasteiger charge is -2.23. The Morgan fingerprint density at radius 3 is 2.67 bits per heavy atom. The number of ether oxygens (including phenoxy) is 1. The second-order valence-electron chi connectivity index (χ2n) is 8.05. The van der Waals surface area contributed by atoms with E-state index in [0.29, 0.717) is 23.6 Å². The molecule has 1 aromatic heterocycles. The van der Waals surface area contributed by atoms with E-state index in [2.05, 4.69) is 23.5 Å². The van der Waals surface area contributed by atoms with Crippen LogP contribution >= 0.6 is 0 Å². The molecule has 0 radical (unpaired) electrons.